The van der Waals surface area contributed by atoms with Gasteiger partial charge in [-0.1, -0.05) is 37.6 Å². The van der Waals surface area contributed by atoms with E-state index in [1.165, 1.54) is 6.07 Å². The number of amides is 3. The Balaban J connectivity index is 1.32. The van der Waals surface area contributed by atoms with Crippen LogP contribution < -0.4 is 5.32 Å². The van der Waals surface area contributed by atoms with Gasteiger partial charge in [-0.2, -0.15) is 0 Å². The largest absolute Gasteiger partial charge is 0.340 e. The Labute approximate surface area is 230 Å². The van der Waals surface area contributed by atoms with Gasteiger partial charge in [-0.05, 0) is 55.7 Å². The molecule has 1 aliphatic carbocycles. The number of nitrogens with zero attached hydrogens (tertiary/aromatic N) is 3. The average molecular weight is 551 g/mol. The number of aromatic nitrogens is 1. The van der Waals surface area contributed by atoms with E-state index in [2.05, 4.69) is 10.3 Å². The van der Waals surface area contributed by atoms with Crippen molar-refractivity contribution in [1.29, 1.82) is 0 Å². The lowest BCUT2D eigenvalue weighted by Crippen LogP contribution is -2.61. The predicted octanol–water partition coefficient (Wildman–Crippen LogP) is 4.58. The molecule has 3 amide bonds. The maximum absolute atomic E-state index is 14.6. The maximum atomic E-state index is 14.6. The van der Waals surface area contributed by atoms with Crippen LogP contribution in [0.25, 0.3) is 11.3 Å². The van der Waals surface area contributed by atoms with E-state index in [1.807, 2.05) is 13.0 Å². The van der Waals surface area contributed by atoms with Crippen LogP contribution in [0.15, 0.2) is 60.7 Å². The summed E-state index contributed by atoms with van der Waals surface area (Å²) in [6, 6.07) is 13.3. The number of carbonyl (C=O) groups excluding carboxylic acids is 3. The molecule has 10 heteroatoms. The number of carbonyl (C=O) groups is 3. The molecule has 2 heterocycles. The zero-order chi connectivity index (χ0) is 28.4. The molecule has 1 saturated heterocycles. The molecule has 1 atom stereocenters. The minimum Gasteiger partial charge on any atom is -0.340 e. The van der Waals surface area contributed by atoms with Crippen LogP contribution in [-0.2, 0) is 4.79 Å². The summed E-state index contributed by atoms with van der Waals surface area (Å²) in [4.78, 5) is 47.1. The van der Waals surface area contributed by atoms with Crippen molar-refractivity contribution in [3.05, 3.63) is 89.4 Å². The van der Waals surface area contributed by atoms with E-state index in [4.69, 9.17) is 0 Å². The molecule has 3 aromatic rings. The number of pyridine rings is 1. The van der Waals surface area contributed by atoms with Gasteiger partial charge in [0.2, 0.25) is 5.91 Å². The fraction of sp³-hybridized carbons (Fsp3) is 0.333. The monoisotopic (exact) mass is 550 g/mol. The standard InChI is InChI=1S/C30H29F3N4O3/c1-2-7-23(35-27(38)19-8-4-3-5-9-19)28(39)36-16-17-37(30(18-36)14-15-30)29(40)24-13-12-22(33)26(34-24)25-20(31)10-6-11-21(25)32/h3-6,8-13,23H,2,7,14-18H2,1H3,(H,35,38)/t23-/m0/s1. The van der Waals surface area contributed by atoms with Crippen LogP contribution >= 0.6 is 0 Å². The second-order valence-electron chi connectivity index (χ2n) is 10.2. The smallest absolute Gasteiger partial charge is 0.273 e. The van der Waals surface area contributed by atoms with Gasteiger partial charge in [0.25, 0.3) is 11.8 Å². The van der Waals surface area contributed by atoms with E-state index in [1.54, 1.807) is 34.1 Å². The topological polar surface area (TPSA) is 82.6 Å². The van der Waals surface area contributed by atoms with Gasteiger partial charge in [-0.3, -0.25) is 14.4 Å². The maximum Gasteiger partial charge on any atom is 0.273 e. The molecule has 5 rings (SSSR count). The van der Waals surface area contributed by atoms with Crippen LogP contribution in [0.1, 0.15) is 53.5 Å². The Bertz CT molecular complexity index is 1430. The first kappa shape index (κ1) is 27.4. The SMILES string of the molecule is CCC[C@H](NC(=O)c1ccccc1)C(=O)N1CCN(C(=O)c2ccc(F)c(-c3c(F)cccc3F)n2)C2(CC2)C1. The Morgan fingerprint density at radius 2 is 1.62 bits per heavy atom. The molecule has 0 radical (unpaired) electrons. The van der Waals surface area contributed by atoms with E-state index in [0.29, 0.717) is 31.2 Å². The van der Waals surface area contributed by atoms with Crippen molar-refractivity contribution >= 4 is 17.7 Å². The minimum absolute atomic E-state index is 0.135. The third-order valence-electron chi connectivity index (χ3n) is 7.52. The number of piperazine rings is 1. The molecule has 7 nitrogen and oxygen atoms in total. The molecule has 1 aromatic heterocycles. The van der Waals surface area contributed by atoms with Crippen molar-refractivity contribution in [2.75, 3.05) is 19.6 Å². The lowest BCUT2D eigenvalue weighted by molar-refractivity contribution is -0.136. The number of halogens is 3. The Kier molecular flexibility index (Phi) is 7.60. The zero-order valence-corrected chi connectivity index (χ0v) is 22.0. The number of nitrogens with one attached hydrogen (secondary N) is 1. The van der Waals surface area contributed by atoms with Gasteiger partial charge < -0.3 is 15.1 Å². The molecule has 40 heavy (non-hydrogen) atoms. The molecular weight excluding hydrogens is 521 g/mol. The van der Waals surface area contributed by atoms with E-state index in [-0.39, 0.29) is 37.1 Å². The quantitative estimate of drug-likeness (QED) is 0.467. The van der Waals surface area contributed by atoms with Crippen LogP contribution in [0, 0.1) is 17.5 Å². The summed E-state index contributed by atoms with van der Waals surface area (Å²) in [5, 5.41) is 2.86. The number of hydrogen-bond donors (Lipinski definition) is 1. The minimum atomic E-state index is -0.984. The fourth-order valence-corrected chi connectivity index (χ4v) is 5.25. The summed E-state index contributed by atoms with van der Waals surface area (Å²) in [5.41, 5.74) is -1.48. The summed E-state index contributed by atoms with van der Waals surface area (Å²) >= 11 is 0. The van der Waals surface area contributed by atoms with Crippen molar-refractivity contribution in [2.24, 2.45) is 0 Å². The van der Waals surface area contributed by atoms with Crippen molar-refractivity contribution < 1.29 is 27.6 Å². The van der Waals surface area contributed by atoms with Crippen LogP contribution in [0.3, 0.4) is 0 Å². The number of benzene rings is 2. The molecule has 1 aliphatic heterocycles. The van der Waals surface area contributed by atoms with Crippen LogP contribution in [0.5, 0.6) is 0 Å². The highest BCUT2D eigenvalue weighted by Crippen LogP contribution is 2.45. The Morgan fingerprint density at radius 1 is 0.925 bits per heavy atom. The van der Waals surface area contributed by atoms with Gasteiger partial charge >= 0.3 is 0 Å². The molecule has 0 unspecified atom stereocenters. The van der Waals surface area contributed by atoms with Gasteiger partial charge in [-0.25, -0.2) is 18.2 Å². The van der Waals surface area contributed by atoms with E-state index >= 15 is 0 Å². The predicted molar refractivity (Wildman–Crippen MR) is 142 cm³/mol. The molecule has 1 N–H and O–H groups in total. The van der Waals surface area contributed by atoms with Crippen LogP contribution in [0.4, 0.5) is 13.2 Å². The fourth-order valence-electron chi connectivity index (χ4n) is 5.25. The zero-order valence-electron chi connectivity index (χ0n) is 22.0. The second kappa shape index (κ2) is 11.1. The molecule has 1 spiro atoms. The summed E-state index contributed by atoms with van der Waals surface area (Å²) in [5.74, 6) is -3.94. The molecule has 0 bridgehead atoms. The normalized spacial score (nSPS) is 16.5. The third kappa shape index (κ3) is 5.30. The summed E-state index contributed by atoms with van der Waals surface area (Å²) in [6.07, 6.45) is 2.48. The van der Waals surface area contributed by atoms with Crippen molar-refractivity contribution in [3.63, 3.8) is 0 Å². The highest BCUT2D eigenvalue weighted by Gasteiger charge is 2.54. The van der Waals surface area contributed by atoms with Crippen molar-refractivity contribution in [3.8, 4) is 11.3 Å². The summed E-state index contributed by atoms with van der Waals surface area (Å²) in [7, 11) is 0. The molecule has 2 fully saturated rings. The highest BCUT2D eigenvalue weighted by molar-refractivity contribution is 5.98. The summed E-state index contributed by atoms with van der Waals surface area (Å²) in [6.45, 7) is 2.67. The lowest BCUT2D eigenvalue weighted by Gasteiger charge is -2.43. The van der Waals surface area contributed by atoms with Gasteiger partial charge in [-0.15, -0.1) is 0 Å². The second-order valence-corrected chi connectivity index (χ2v) is 10.2. The first-order chi connectivity index (χ1) is 19.2. The van der Waals surface area contributed by atoms with Gasteiger partial charge in [0.15, 0.2) is 0 Å². The van der Waals surface area contributed by atoms with Crippen molar-refractivity contribution in [2.45, 2.75) is 44.2 Å². The van der Waals surface area contributed by atoms with Crippen LogP contribution in [-0.4, -0.2) is 63.7 Å². The van der Waals surface area contributed by atoms with Gasteiger partial charge in [0.05, 0.1) is 11.1 Å². The molecule has 1 saturated carbocycles. The van der Waals surface area contributed by atoms with Crippen molar-refractivity contribution in [1.82, 2.24) is 20.1 Å². The molecule has 2 aromatic carbocycles. The molecule has 208 valence electrons. The van der Waals surface area contributed by atoms with Gasteiger partial charge in [0.1, 0.15) is 34.9 Å². The molecular formula is C30H29F3N4O3. The average Bonchev–Trinajstić information content (AvgIpc) is 3.72. The Hall–Kier alpha value is -4.21. The third-order valence-corrected chi connectivity index (χ3v) is 7.52. The first-order valence-electron chi connectivity index (χ1n) is 13.3. The van der Waals surface area contributed by atoms with E-state index in [0.717, 1.165) is 24.3 Å². The molecule has 2 aliphatic rings. The Morgan fingerprint density at radius 3 is 2.27 bits per heavy atom. The number of hydrogen-bond acceptors (Lipinski definition) is 4. The highest BCUT2D eigenvalue weighted by atomic mass is 19.1. The van der Waals surface area contributed by atoms with Gasteiger partial charge in [0, 0.05) is 25.2 Å². The van der Waals surface area contributed by atoms with Crippen LogP contribution in [0.2, 0.25) is 0 Å². The van der Waals surface area contributed by atoms with E-state index in [9.17, 15) is 27.6 Å². The first-order valence-corrected chi connectivity index (χ1v) is 13.3. The lowest BCUT2D eigenvalue weighted by atomic mass is 10.0. The number of rotatable bonds is 7. The summed E-state index contributed by atoms with van der Waals surface area (Å²) < 4.78 is 43.3. The van der Waals surface area contributed by atoms with E-state index < -0.39 is 46.2 Å².